The third kappa shape index (κ3) is 4.49. The predicted molar refractivity (Wildman–Crippen MR) is 63.0 cm³/mol. The molecule has 1 amide bonds. The minimum Gasteiger partial charge on any atom is -0.340 e. The maximum Gasteiger partial charge on any atom is 0.237 e. The van der Waals surface area contributed by atoms with Gasteiger partial charge in [-0.25, -0.2) is 8.42 Å². The standard InChI is InChI=1S/C10H20N2O3S/c1-2-8-16(14,15)9-10(13)12-6-3-4-11-5-7-12/h11H,2-9H2,1H3. The molecule has 0 aromatic heterocycles. The molecule has 1 rings (SSSR count). The van der Waals surface area contributed by atoms with Crippen molar-refractivity contribution in [2.75, 3.05) is 37.7 Å². The Bertz CT molecular complexity index is 319. The summed E-state index contributed by atoms with van der Waals surface area (Å²) in [5, 5.41) is 3.18. The van der Waals surface area contributed by atoms with Crippen LogP contribution in [-0.2, 0) is 14.6 Å². The molecule has 1 N–H and O–H groups in total. The molecule has 1 saturated heterocycles. The van der Waals surface area contributed by atoms with Gasteiger partial charge >= 0.3 is 0 Å². The van der Waals surface area contributed by atoms with Gasteiger partial charge in [0.15, 0.2) is 9.84 Å². The van der Waals surface area contributed by atoms with Crippen molar-refractivity contribution < 1.29 is 13.2 Å². The number of carbonyl (C=O) groups excluding carboxylic acids is 1. The lowest BCUT2D eigenvalue weighted by Gasteiger charge is -2.19. The summed E-state index contributed by atoms with van der Waals surface area (Å²) in [4.78, 5) is 13.4. The van der Waals surface area contributed by atoms with Crippen LogP contribution < -0.4 is 5.32 Å². The van der Waals surface area contributed by atoms with Gasteiger partial charge in [-0.1, -0.05) is 6.92 Å². The fraction of sp³-hybridized carbons (Fsp3) is 0.900. The first-order valence-electron chi connectivity index (χ1n) is 5.74. The van der Waals surface area contributed by atoms with Crippen LogP contribution in [0, 0.1) is 0 Å². The first kappa shape index (κ1) is 13.4. The molecule has 0 aliphatic carbocycles. The highest BCUT2D eigenvalue weighted by atomic mass is 32.2. The van der Waals surface area contributed by atoms with Gasteiger partial charge < -0.3 is 10.2 Å². The van der Waals surface area contributed by atoms with E-state index in [4.69, 9.17) is 0 Å². The Morgan fingerprint density at radius 3 is 2.75 bits per heavy atom. The second-order valence-electron chi connectivity index (χ2n) is 4.08. The number of rotatable bonds is 4. The third-order valence-electron chi connectivity index (χ3n) is 2.55. The normalized spacial score (nSPS) is 18.2. The maximum absolute atomic E-state index is 11.8. The number of amides is 1. The zero-order valence-electron chi connectivity index (χ0n) is 9.74. The molecule has 1 aliphatic heterocycles. The summed E-state index contributed by atoms with van der Waals surface area (Å²) in [7, 11) is -3.20. The van der Waals surface area contributed by atoms with Crippen LogP contribution in [0.5, 0.6) is 0 Å². The fourth-order valence-corrected chi connectivity index (χ4v) is 3.08. The van der Waals surface area contributed by atoms with Gasteiger partial charge in [0.2, 0.25) is 5.91 Å². The molecule has 0 bridgehead atoms. The number of hydrogen-bond acceptors (Lipinski definition) is 4. The molecule has 16 heavy (non-hydrogen) atoms. The van der Waals surface area contributed by atoms with E-state index >= 15 is 0 Å². The Morgan fingerprint density at radius 2 is 2.06 bits per heavy atom. The van der Waals surface area contributed by atoms with Crippen LogP contribution in [0.4, 0.5) is 0 Å². The minimum absolute atomic E-state index is 0.102. The molecule has 6 heteroatoms. The fourth-order valence-electron chi connectivity index (χ4n) is 1.76. The quantitative estimate of drug-likeness (QED) is 0.737. The first-order valence-corrected chi connectivity index (χ1v) is 7.56. The molecule has 0 spiro atoms. The average molecular weight is 248 g/mol. The zero-order chi connectivity index (χ0) is 12.0. The minimum atomic E-state index is -3.20. The summed E-state index contributed by atoms with van der Waals surface area (Å²) in [5.41, 5.74) is 0. The lowest BCUT2D eigenvalue weighted by Crippen LogP contribution is -2.38. The van der Waals surface area contributed by atoms with Crippen LogP contribution in [0.1, 0.15) is 19.8 Å². The largest absolute Gasteiger partial charge is 0.340 e. The van der Waals surface area contributed by atoms with Crippen LogP contribution in [-0.4, -0.2) is 56.9 Å². The summed E-state index contributed by atoms with van der Waals surface area (Å²) >= 11 is 0. The summed E-state index contributed by atoms with van der Waals surface area (Å²) in [6, 6.07) is 0. The molecule has 0 atom stereocenters. The van der Waals surface area contributed by atoms with Gasteiger partial charge in [0.1, 0.15) is 5.75 Å². The van der Waals surface area contributed by atoms with Crippen molar-refractivity contribution in [3.63, 3.8) is 0 Å². The van der Waals surface area contributed by atoms with Crippen LogP contribution in [0.2, 0.25) is 0 Å². The monoisotopic (exact) mass is 248 g/mol. The lowest BCUT2D eigenvalue weighted by molar-refractivity contribution is -0.128. The second kappa shape index (κ2) is 6.20. The van der Waals surface area contributed by atoms with E-state index in [1.807, 2.05) is 0 Å². The van der Waals surface area contributed by atoms with Gasteiger partial charge in [-0.05, 0) is 19.4 Å². The van der Waals surface area contributed by atoms with E-state index in [0.29, 0.717) is 19.5 Å². The van der Waals surface area contributed by atoms with Gasteiger partial charge in [-0.2, -0.15) is 0 Å². The summed E-state index contributed by atoms with van der Waals surface area (Å²) in [6.45, 7) is 4.72. The molecule has 0 aromatic rings. The Morgan fingerprint density at radius 1 is 1.31 bits per heavy atom. The summed E-state index contributed by atoms with van der Waals surface area (Å²) < 4.78 is 23.0. The van der Waals surface area contributed by atoms with E-state index < -0.39 is 9.84 Å². The van der Waals surface area contributed by atoms with Gasteiger partial charge in [-0.3, -0.25) is 4.79 Å². The van der Waals surface area contributed by atoms with Crippen molar-refractivity contribution in [3.05, 3.63) is 0 Å². The molecule has 0 radical (unpaired) electrons. The molecule has 1 fully saturated rings. The van der Waals surface area contributed by atoms with Crippen molar-refractivity contribution in [3.8, 4) is 0 Å². The van der Waals surface area contributed by atoms with Gasteiger partial charge in [0.05, 0.1) is 5.75 Å². The van der Waals surface area contributed by atoms with E-state index in [2.05, 4.69) is 5.32 Å². The highest BCUT2D eigenvalue weighted by Gasteiger charge is 2.21. The predicted octanol–water partition coefficient (Wildman–Crippen LogP) is -0.367. The molecule has 1 heterocycles. The smallest absolute Gasteiger partial charge is 0.237 e. The average Bonchev–Trinajstić information content (AvgIpc) is 2.44. The van der Waals surface area contributed by atoms with E-state index in [9.17, 15) is 13.2 Å². The molecule has 94 valence electrons. The number of nitrogens with zero attached hydrogens (tertiary/aromatic N) is 1. The van der Waals surface area contributed by atoms with Crippen LogP contribution in [0.3, 0.4) is 0 Å². The Hall–Kier alpha value is -0.620. The van der Waals surface area contributed by atoms with Crippen molar-refractivity contribution >= 4 is 15.7 Å². The molecule has 1 aliphatic rings. The molecule has 0 saturated carbocycles. The number of hydrogen-bond donors (Lipinski definition) is 1. The SMILES string of the molecule is CCCS(=O)(=O)CC(=O)N1CCCNCC1. The van der Waals surface area contributed by atoms with E-state index in [-0.39, 0.29) is 17.4 Å². The maximum atomic E-state index is 11.8. The Labute approximate surface area is 97.1 Å². The van der Waals surface area contributed by atoms with E-state index in [1.165, 1.54) is 0 Å². The van der Waals surface area contributed by atoms with Crippen LogP contribution in [0.15, 0.2) is 0 Å². The summed E-state index contributed by atoms with van der Waals surface area (Å²) in [6.07, 6.45) is 1.46. The molecular weight excluding hydrogens is 228 g/mol. The van der Waals surface area contributed by atoms with Crippen LogP contribution in [0.25, 0.3) is 0 Å². The van der Waals surface area contributed by atoms with E-state index in [0.717, 1.165) is 19.5 Å². The topological polar surface area (TPSA) is 66.5 Å². The molecule has 0 unspecified atom stereocenters. The molecule has 0 aromatic carbocycles. The number of carbonyl (C=O) groups is 1. The molecule has 5 nitrogen and oxygen atoms in total. The second-order valence-corrected chi connectivity index (χ2v) is 6.26. The number of nitrogens with one attached hydrogen (secondary N) is 1. The molecular formula is C10H20N2O3S. The highest BCUT2D eigenvalue weighted by Crippen LogP contribution is 2.01. The first-order chi connectivity index (χ1) is 7.55. The Balaban J connectivity index is 2.50. The van der Waals surface area contributed by atoms with E-state index in [1.54, 1.807) is 11.8 Å². The van der Waals surface area contributed by atoms with Crippen LogP contribution >= 0.6 is 0 Å². The van der Waals surface area contributed by atoms with Crippen molar-refractivity contribution in [2.45, 2.75) is 19.8 Å². The summed E-state index contributed by atoms with van der Waals surface area (Å²) in [5.74, 6) is -0.483. The van der Waals surface area contributed by atoms with Crippen molar-refractivity contribution in [1.82, 2.24) is 10.2 Å². The number of sulfone groups is 1. The zero-order valence-corrected chi connectivity index (χ0v) is 10.6. The van der Waals surface area contributed by atoms with Crippen molar-refractivity contribution in [1.29, 1.82) is 0 Å². The lowest BCUT2D eigenvalue weighted by atomic mass is 10.4. The highest BCUT2D eigenvalue weighted by molar-refractivity contribution is 7.92. The van der Waals surface area contributed by atoms with Gasteiger partial charge in [0.25, 0.3) is 0 Å². The Kier molecular flexibility index (Phi) is 5.21. The third-order valence-corrected chi connectivity index (χ3v) is 4.27. The van der Waals surface area contributed by atoms with Crippen molar-refractivity contribution in [2.24, 2.45) is 0 Å². The van der Waals surface area contributed by atoms with Gasteiger partial charge in [0, 0.05) is 19.6 Å². The van der Waals surface area contributed by atoms with Gasteiger partial charge in [-0.15, -0.1) is 0 Å².